The van der Waals surface area contributed by atoms with Crippen LogP contribution in [-0.2, 0) is 11.2 Å². The summed E-state index contributed by atoms with van der Waals surface area (Å²) in [5.41, 5.74) is 3.29. The van der Waals surface area contributed by atoms with Gasteiger partial charge in [-0.15, -0.1) is 10.2 Å². The Morgan fingerprint density at radius 2 is 1.81 bits per heavy atom. The largest absolute Gasteiger partial charge is 0.421 e. The monoisotopic (exact) mass is 420 g/mol. The fraction of sp³-hybridized carbons (Fsp3) is 0.130. The Balaban J connectivity index is 1.73. The Labute approximate surface area is 177 Å². The SMILES string of the molecule is Cc1nnc(-c2cccc(-c3cccnc3C(Cc3cc(F)cc(F)c3)NC=O)c2)o1. The van der Waals surface area contributed by atoms with Gasteiger partial charge in [0.05, 0.1) is 11.7 Å². The number of aryl methyl sites for hydroxylation is 1. The van der Waals surface area contributed by atoms with E-state index >= 15 is 0 Å². The smallest absolute Gasteiger partial charge is 0.247 e. The molecule has 2 aromatic carbocycles. The van der Waals surface area contributed by atoms with E-state index in [1.165, 1.54) is 12.1 Å². The predicted octanol–water partition coefficient (Wildman–Crippen LogP) is 4.42. The van der Waals surface area contributed by atoms with E-state index < -0.39 is 17.7 Å². The zero-order valence-electron chi connectivity index (χ0n) is 16.5. The van der Waals surface area contributed by atoms with Crippen LogP contribution in [-0.4, -0.2) is 21.6 Å². The molecular weight excluding hydrogens is 402 g/mol. The van der Waals surface area contributed by atoms with Crippen molar-refractivity contribution in [2.45, 2.75) is 19.4 Å². The molecule has 0 saturated heterocycles. The Hall–Kier alpha value is -3.94. The predicted molar refractivity (Wildman–Crippen MR) is 110 cm³/mol. The van der Waals surface area contributed by atoms with Crippen LogP contribution in [0.3, 0.4) is 0 Å². The summed E-state index contributed by atoms with van der Waals surface area (Å²) in [7, 11) is 0. The number of hydrogen-bond donors (Lipinski definition) is 1. The van der Waals surface area contributed by atoms with Crippen molar-refractivity contribution in [3.63, 3.8) is 0 Å². The van der Waals surface area contributed by atoms with E-state index in [-0.39, 0.29) is 6.42 Å². The van der Waals surface area contributed by atoms with Crippen molar-refractivity contribution < 1.29 is 18.0 Å². The molecule has 4 aromatic rings. The number of benzene rings is 2. The minimum Gasteiger partial charge on any atom is -0.421 e. The number of hydrogen-bond acceptors (Lipinski definition) is 5. The van der Waals surface area contributed by atoms with E-state index in [0.29, 0.717) is 29.4 Å². The van der Waals surface area contributed by atoms with Crippen molar-refractivity contribution in [3.05, 3.63) is 89.6 Å². The van der Waals surface area contributed by atoms with Gasteiger partial charge in [0.25, 0.3) is 0 Å². The maximum Gasteiger partial charge on any atom is 0.247 e. The van der Waals surface area contributed by atoms with E-state index in [1.807, 2.05) is 30.3 Å². The third-order valence-corrected chi connectivity index (χ3v) is 4.75. The van der Waals surface area contributed by atoms with Crippen LogP contribution in [0.2, 0.25) is 0 Å². The molecule has 2 aromatic heterocycles. The average Bonchev–Trinajstić information content (AvgIpc) is 3.19. The second-order valence-electron chi connectivity index (χ2n) is 6.96. The van der Waals surface area contributed by atoms with Gasteiger partial charge in [-0.05, 0) is 47.9 Å². The van der Waals surface area contributed by atoms with Gasteiger partial charge in [0.1, 0.15) is 11.6 Å². The van der Waals surface area contributed by atoms with Crippen molar-refractivity contribution in [1.82, 2.24) is 20.5 Å². The van der Waals surface area contributed by atoms with Gasteiger partial charge in [0, 0.05) is 30.3 Å². The third-order valence-electron chi connectivity index (χ3n) is 4.75. The number of nitrogens with zero attached hydrogens (tertiary/aromatic N) is 3. The van der Waals surface area contributed by atoms with Crippen LogP contribution in [0.15, 0.2) is 65.2 Å². The lowest BCUT2D eigenvalue weighted by molar-refractivity contribution is -0.110. The highest BCUT2D eigenvalue weighted by atomic mass is 19.1. The molecule has 8 heteroatoms. The van der Waals surface area contributed by atoms with Crippen LogP contribution < -0.4 is 5.32 Å². The van der Waals surface area contributed by atoms with E-state index in [4.69, 9.17) is 4.42 Å². The fourth-order valence-electron chi connectivity index (χ4n) is 3.45. The Bertz CT molecular complexity index is 1210. The van der Waals surface area contributed by atoms with Crippen molar-refractivity contribution in [2.75, 3.05) is 0 Å². The first-order valence-electron chi connectivity index (χ1n) is 9.54. The van der Waals surface area contributed by atoms with Crippen LogP contribution in [0.5, 0.6) is 0 Å². The molecule has 0 radical (unpaired) electrons. The number of carbonyl (C=O) groups is 1. The standard InChI is InChI=1S/C23H18F2N4O2/c1-14-28-29-23(31-14)17-5-2-4-16(11-17)20-6-3-7-26-22(20)21(27-13-30)10-15-8-18(24)12-19(25)9-15/h2-9,11-13,21H,10H2,1H3,(H,27,30). The number of nitrogens with one attached hydrogen (secondary N) is 1. The second-order valence-corrected chi connectivity index (χ2v) is 6.96. The zero-order valence-corrected chi connectivity index (χ0v) is 16.5. The molecule has 0 aliphatic heterocycles. The highest BCUT2D eigenvalue weighted by molar-refractivity contribution is 5.72. The van der Waals surface area contributed by atoms with E-state index in [0.717, 1.165) is 22.8 Å². The summed E-state index contributed by atoms with van der Waals surface area (Å²) < 4.78 is 32.8. The highest BCUT2D eigenvalue weighted by Crippen LogP contribution is 2.31. The summed E-state index contributed by atoms with van der Waals surface area (Å²) in [5, 5.41) is 10.6. The topological polar surface area (TPSA) is 80.9 Å². The summed E-state index contributed by atoms with van der Waals surface area (Å²) in [4.78, 5) is 15.7. The van der Waals surface area contributed by atoms with Gasteiger partial charge in [-0.3, -0.25) is 9.78 Å². The van der Waals surface area contributed by atoms with Crippen molar-refractivity contribution in [2.24, 2.45) is 0 Å². The maximum atomic E-state index is 13.7. The van der Waals surface area contributed by atoms with Crippen LogP contribution in [0.1, 0.15) is 23.2 Å². The molecular formula is C23H18F2N4O2. The van der Waals surface area contributed by atoms with Crippen LogP contribution in [0.4, 0.5) is 8.78 Å². The van der Waals surface area contributed by atoms with Gasteiger partial charge in [-0.1, -0.05) is 18.2 Å². The number of amides is 1. The molecule has 0 fully saturated rings. The normalized spacial score (nSPS) is 11.8. The second kappa shape index (κ2) is 8.83. The van der Waals surface area contributed by atoms with Crippen LogP contribution in [0, 0.1) is 18.6 Å². The van der Waals surface area contributed by atoms with E-state index in [1.54, 1.807) is 19.2 Å². The molecule has 2 heterocycles. The van der Waals surface area contributed by atoms with Crippen molar-refractivity contribution in [3.8, 4) is 22.6 Å². The van der Waals surface area contributed by atoms with Gasteiger partial charge in [-0.25, -0.2) is 8.78 Å². The van der Waals surface area contributed by atoms with Gasteiger partial charge < -0.3 is 9.73 Å². The first-order chi connectivity index (χ1) is 15.0. The zero-order chi connectivity index (χ0) is 21.8. The molecule has 1 unspecified atom stereocenters. The number of rotatable bonds is 7. The third kappa shape index (κ3) is 4.63. The highest BCUT2D eigenvalue weighted by Gasteiger charge is 2.19. The van der Waals surface area contributed by atoms with Crippen LogP contribution >= 0.6 is 0 Å². The summed E-state index contributed by atoms with van der Waals surface area (Å²) in [6.07, 6.45) is 2.33. The fourth-order valence-corrected chi connectivity index (χ4v) is 3.45. The van der Waals surface area contributed by atoms with Gasteiger partial charge in [-0.2, -0.15) is 0 Å². The Kier molecular flexibility index (Phi) is 5.79. The molecule has 0 aliphatic carbocycles. The first-order valence-corrected chi connectivity index (χ1v) is 9.54. The quantitative estimate of drug-likeness (QED) is 0.448. The molecule has 0 spiro atoms. The van der Waals surface area contributed by atoms with E-state index in [2.05, 4.69) is 20.5 Å². The van der Waals surface area contributed by atoms with Crippen molar-refractivity contribution in [1.29, 1.82) is 0 Å². The molecule has 31 heavy (non-hydrogen) atoms. The lowest BCUT2D eigenvalue weighted by Gasteiger charge is -2.19. The van der Waals surface area contributed by atoms with Crippen LogP contribution in [0.25, 0.3) is 22.6 Å². The Morgan fingerprint density at radius 1 is 1.03 bits per heavy atom. The first kappa shape index (κ1) is 20.3. The summed E-state index contributed by atoms with van der Waals surface area (Å²) in [5.74, 6) is -0.505. The lowest BCUT2D eigenvalue weighted by atomic mass is 9.95. The van der Waals surface area contributed by atoms with Gasteiger partial charge in [0.15, 0.2) is 0 Å². The van der Waals surface area contributed by atoms with Crippen molar-refractivity contribution >= 4 is 6.41 Å². The molecule has 1 atom stereocenters. The number of pyridine rings is 1. The number of aromatic nitrogens is 3. The van der Waals surface area contributed by atoms with Gasteiger partial charge in [0.2, 0.25) is 18.2 Å². The number of halogens is 2. The molecule has 156 valence electrons. The molecule has 0 aliphatic rings. The van der Waals surface area contributed by atoms with Gasteiger partial charge >= 0.3 is 0 Å². The molecule has 6 nitrogen and oxygen atoms in total. The average molecular weight is 420 g/mol. The molecule has 1 amide bonds. The summed E-state index contributed by atoms with van der Waals surface area (Å²) in [6, 6.07) is 13.8. The lowest BCUT2D eigenvalue weighted by Crippen LogP contribution is -2.23. The summed E-state index contributed by atoms with van der Waals surface area (Å²) >= 11 is 0. The molecule has 4 rings (SSSR count). The van der Waals surface area contributed by atoms with E-state index in [9.17, 15) is 13.6 Å². The minimum absolute atomic E-state index is 0.167. The molecule has 1 N–H and O–H groups in total. The summed E-state index contributed by atoms with van der Waals surface area (Å²) in [6.45, 7) is 1.71. The molecule has 0 saturated carbocycles. The number of carbonyl (C=O) groups excluding carboxylic acids is 1. The Morgan fingerprint density at radius 3 is 2.52 bits per heavy atom. The maximum absolute atomic E-state index is 13.7. The molecule has 0 bridgehead atoms. The minimum atomic E-state index is -0.677.